The van der Waals surface area contributed by atoms with Crippen molar-refractivity contribution in [1.29, 1.82) is 5.41 Å². The third-order valence-corrected chi connectivity index (χ3v) is 6.21. The molecule has 0 aliphatic rings. The summed E-state index contributed by atoms with van der Waals surface area (Å²) in [5, 5.41) is 16.5. The summed E-state index contributed by atoms with van der Waals surface area (Å²) >= 11 is 0. The summed E-state index contributed by atoms with van der Waals surface area (Å²) in [5.41, 5.74) is 10.3. The number of benzene rings is 3. The second-order valence-electron chi connectivity index (χ2n) is 8.69. The van der Waals surface area contributed by atoms with Gasteiger partial charge in [-0.05, 0) is 48.7 Å². The second kappa shape index (κ2) is 12.2. The van der Waals surface area contributed by atoms with Crippen molar-refractivity contribution >= 4 is 46.8 Å². The zero-order valence-corrected chi connectivity index (χ0v) is 21.4. The van der Waals surface area contributed by atoms with Crippen LogP contribution in [0, 0.1) is 5.41 Å². The van der Waals surface area contributed by atoms with Crippen LogP contribution in [0.15, 0.2) is 72.8 Å². The zero-order valence-electron chi connectivity index (χ0n) is 20.6. The Kier molecular flexibility index (Phi) is 9.03. The van der Waals surface area contributed by atoms with Crippen molar-refractivity contribution in [3.63, 3.8) is 0 Å². The molecular weight excluding hydrogens is 490 g/mol. The number of aliphatic carboxylic acids is 1. The smallest absolute Gasteiger partial charge is 0.303 e. The molecule has 0 spiro atoms. The monoisotopic (exact) mass is 519 g/mol. The van der Waals surface area contributed by atoms with E-state index >= 15 is 0 Å². The molecule has 0 radical (unpaired) electrons. The maximum atomic E-state index is 13.5. The van der Waals surface area contributed by atoms with Gasteiger partial charge in [-0.25, -0.2) is 4.98 Å². The largest absolute Gasteiger partial charge is 0.481 e. The van der Waals surface area contributed by atoms with E-state index in [4.69, 9.17) is 21.2 Å². The molecule has 0 bridgehead atoms. The first-order valence-corrected chi connectivity index (χ1v) is 11.8. The van der Waals surface area contributed by atoms with Crippen LogP contribution in [0.25, 0.3) is 11.0 Å². The van der Waals surface area contributed by atoms with Gasteiger partial charge in [0.05, 0.1) is 11.0 Å². The summed E-state index contributed by atoms with van der Waals surface area (Å²) in [6, 6.07) is 22.4. The lowest BCUT2D eigenvalue weighted by Gasteiger charge is -2.22. The molecule has 0 aliphatic heterocycles. The van der Waals surface area contributed by atoms with Crippen LogP contribution in [0.3, 0.4) is 0 Å². The number of aryl methyl sites for hydroxylation is 3. The number of nitrogens with one attached hydrogen (secondary N) is 1. The molecule has 0 unspecified atom stereocenters. The standard InChI is InChI=1S/C28H29N5O3.ClH/c1-32-24-15-14-21(28(36)33(17-5-8-26(34)35)22-6-3-2-4-7-22)18-23(24)31-25(32)16-11-19-9-12-20(13-10-19)27(29)30;/h2-4,6-7,9-10,12-15,18H,5,8,11,16-17H2,1H3,(H3,29,30)(H,34,35);1H. The number of imidazole rings is 1. The van der Waals surface area contributed by atoms with Crippen molar-refractivity contribution in [3.8, 4) is 0 Å². The predicted octanol–water partition coefficient (Wildman–Crippen LogP) is 4.58. The van der Waals surface area contributed by atoms with E-state index in [0.29, 0.717) is 24.1 Å². The molecule has 192 valence electrons. The van der Waals surface area contributed by atoms with Crippen molar-refractivity contribution < 1.29 is 14.7 Å². The average Bonchev–Trinajstić information content (AvgIpc) is 3.20. The van der Waals surface area contributed by atoms with Gasteiger partial charge >= 0.3 is 5.97 Å². The molecule has 1 aromatic heterocycles. The summed E-state index contributed by atoms with van der Waals surface area (Å²) in [4.78, 5) is 30.9. The maximum Gasteiger partial charge on any atom is 0.303 e. The zero-order chi connectivity index (χ0) is 25.7. The lowest BCUT2D eigenvalue weighted by Crippen LogP contribution is -2.32. The van der Waals surface area contributed by atoms with E-state index in [1.54, 1.807) is 17.0 Å². The van der Waals surface area contributed by atoms with Crippen molar-refractivity contribution in [3.05, 3.63) is 95.3 Å². The number of aromatic nitrogens is 2. The van der Waals surface area contributed by atoms with Gasteiger partial charge in [0.2, 0.25) is 0 Å². The number of carbonyl (C=O) groups excluding carboxylic acids is 1. The SMILES string of the molecule is Cl.Cn1c(CCc2ccc(C(=N)N)cc2)nc2cc(C(=O)N(CCCC(=O)O)c3ccccc3)ccc21. The van der Waals surface area contributed by atoms with Gasteiger partial charge in [-0.15, -0.1) is 12.4 Å². The Balaban J connectivity index is 0.00000380. The number of hydrogen-bond acceptors (Lipinski definition) is 4. The van der Waals surface area contributed by atoms with Crippen LogP contribution in [0.1, 0.15) is 40.2 Å². The summed E-state index contributed by atoms with van der Waals surface area (Å²) in [7, 11) is 1.97. The first kappa shape index (κ1) is 27.4. The molecule has 1 heterocycles. The van der Waals surface area contributed by atoms with Gasteiger partial charge in [-0.3, -0.25) is 15.0 Å². The van der Waals surface area contributed by atoms with Crippen LogP contribution in [-0.2, 0) is 24.7 Å². The molecule has 4 aromatic rings. The summed E-state index contributed by atoms with van der Waals surface area (Å²) < 4.78 is 2.04. The highest BCUT2D eigenvalue weighted by Gasteiger charge is 2.19. The predicted molar refractivity (Wildman–Crippen MR) is 148 cm³/mol. The summed E-state index contributed by atoms with van der Waals surface area (Å²) in [5.74, 6) is -0.111. The number of carbonyl (C=O) groups is 2. The van der Waals surface area contributed by atoms with Gasteiger partial charge in [-0.2, -0.15) is 0 Å². The minimum atomic E-state index is -0.882. The third kappa shape index (κ3) is 6.54. The molecule has 0 atom stereocenters. The number of nitrogens with two attached hydrogens (primary N) is 1. The molecule has 8 nitrogen and oxygen atoms in total. The molecule has 0 fully saturated rings. The molecule has 4 N–H and O–H groups in total. The number of amides is 1. The number of hydrogen-bond donors (Lipinski definition) is 3. The molecular formula is C28H30ClN5O3. The fraction of sp³-hybridized carbons (Fsp3) is 0.214. The fourth-order valence-electron chi connectivity index (χ4n) is 4.21. The minimum absolute atomic E-state index is 0. The first-order valence-electron chi connectivity index (χ1n) is 11.8. The Bertz CT molecular complexity index is 1400. The average molecular weight is 520 g/mol. The molecule has 9 heteroatoms. The van der Waals surface area contributed by atoms with Crippen LogP contribution in [0.5, 0.6) is 0 Å². The van der Waals surface area contributed by atoms with Gasteiger partial charge in [0.25, 0.3) is 5.91 Å². The lowest BCUT2D eigenvalue weighted by atomic mass is 10.1. The molecule has 0 saturated heterocycles. The number of nitrogen functional groups attached to an aromatic ring is 1. The summed E-state index contributed by atoms with van der Waals surface area (Å²) in [6.07, 6.45) is 1.86. The number of carboxylic acids is 1. The topological polar surface area (TPSA) is 125 Å². The van der Waals surface area contributed by atoms with E-state index in [0.717, 1.165) is 41.0 Å². The number of rotatable bonds is 10. The highest BCUT2D eigenvalue weighted by molar-refractivity contribution is 6.07. The first-order chi connectivity index (χ1) is 17.3. The number of anilines is 1. The van der Waals surface area contributed by atoms with E-state index in [-0.39, 0.29) is 30.6 Å². The van der Waals surface area contributed by atoms with Crippen LogP contribution < -0.4 is 10.6 Å². The van der Waals surface area contributed by atoms with Gasteiger partial charge in [0, 0.05) is 43.2 Å². The van der Waals surface area contributed by atoms with Crippen LogP contribution in [0.4, 0.5) is 5.69 Å². The van der Waals surface area contributed by atoms with Crippen molar-refractivity contribution in [2.45, 2.75) is 25.7 Å². The van der Waals surface area contributed by atoms with E-state index < -0.39 is 5.97 Å². The quantitative estimate of drug-likeness (QED) is 0.209. The van der Waals surface area contributed by atoms with Gasteiger partial charge in [0.1, 0.15) is 11.7 Å². The Morgan fingerprint density at radius 3 is 2.32 bits per heavy atom. The Labute approximate surface area is 221 Å². The van der Waals surface area contributed by atoms with Crippen LogP contribution in [0.2, 0.25) is 0 Å². The number of nitrogens with zero attached hydrogens (tertiary/aromatic N) is 3. The number of carboxylic acid groups (broad SMARTS) is 1. The molecule has 1 amide bonds. The van der Waals surface area contributed by atoms with Crippen LogP contribution >= 0.6 is 12.4 Å². The lowest BCUT2D eigenvalue weighted by molar-refractivity contribution is -0.137. The molecule has 4 rings (SSSR count). The van der Waals surface area contributed by atoms with Crippen LogP contribution in [-0.4, -0.2) is 38.9 Å². The molecule has 0 saturated carbocycles. The molecule has 37 heavy (non-hydrogen) atoms. The Morgan fingerprint density at radius 1 is 1.00 bits per heavy atom. The van der Waals surface area contributed by atoms with E-state index in [1.165, 1.54) is 0 Å². The van der Waals surface area contributed by atoms with Gasteiger partial charge < -0.3 is 20.3 Å². The molecule has 0 aliphatic carbocycles. The summed E-state index contributed by atoms with van der Waals surface area (Å²) in [6.45, 7) is 0.309. The highest BCUT2D eigenvalue weighted by Crippen LogP contribution is 2.22. The fourth-order valence-corrected chi connectivity index (χ4v) is 4.21. The Morgan fingerprint density at radius 2 is 1.68 bits per heavy atom. The number of fused-ring (bicyclic) bond motifs is 1. The number of halogens is 1. The van der Waals surface area contributed by atoms with Crippen molar-refractivity contribution in [1.82, 2.24) is 9.55 Å². The third-order valence-electron chi connectivity index (χ3n) is 6.21. The van der Waals surface area contributed by atoms with Gasteiger partial charge in [0.15, 0.2) is 0 Å². The van der Waals surface area contributed by atoms with E-state index in [1.807, 2.05) is 72.3 Å². The van der Waals surface area contributed by atoms with Gasteiger partial charge in [-0.1, -0.05) is 42.5 Å². The number of amidine groups is 1. The van der Waals surface area contributed by atoms with Crippen molar-refractivity contribution in [2.24, 2.45) is 12.8 Å². The van der Waals surface area contributed by atoms with E-state index in [2.05, 4.69) is 0 Å². The van der Waals surface area contributed by atoms with Crippen molar-refractivity contribution in [2.75, 3.05) is 11.4 Å². The Hall–Kier alpha value is -4.17. The second-order valence-corrected chi connectivity index (χ2v) is 8.69. The maximum absolute atomic E-state index is 13.5. The molecule has 3 aromatic carbocycles. The number of para-hydroxylation sites is 1. The van der Waals surface area contributed by atoms with E-state index in [9.17, 15) is 9.59 Å². The normalized spacial score (nSPS) is 10.6. The highest BCUT2D eigenvalue weighted by atomic mass is 35.5. The minimum Gasteiger partial charge on any atom is -0.481 e.